The minimum Gasteiger partial charge on any atom is -0.492 e. The summed E-state index contributed by atoms with van der Waals surface area (Å²) in [5.74, 6) is 0.957. The first kappa shape index (κ1) is 15.6. The number of ether oxygens (including phenoxy) is 1. The van der Waals surface area contributed by atoms with E-state index in [0.717, 1.165) is 0 Å². The largest absolute Gasteiger partial charge is 0.492 e. The number of rotatable bonds is 6. The van der Waals surface area contributed by atoms with E-state index in [1.807, 2.05) is 19.1 Å². The average molecular weight is 327 g/mol. The standard InChI is InChI=1S/C16H17N5O3/c1-2-23-13-8-4-3-7-12(13)21-15(17)14(19-20-21)16(22)18-10-11-6-5-9-24-11/h3-9H,2,10,17H2,1H3,(H,18,22). The van der Waals surface area contributed by atoms with Gasteiger partial charge in [-0.1, -0.05) is 17.3 Å². The zero-order valence-corrected chi connectivity index (χ0v) is 13.1. The third kappa shape index (κ3) is 3.07. The van der Waals surface area contributed by atoms with Crippen molar-refractivity contribution in [2.45, 2.75) is 13.5 Å². The lowest BCUT2D eigenvalue weighted by Crippen LogP contribution is -2.24. The van der Waals surface area contributed by atoms with E-state index >= 15 is 0 Å². The van der Waals surface area contributed by atoms with Crippen LogP contribution >= 0.6 is 0 Å². The lowest BCUT2D eigenvalue weighted by molar-refractivity contribution is 0.0944. The van der Waals surface area contributed by atoms with Gasteiger partial charge in [0.05, 0.1) is 19.4 Å². The van der Waals surface area contributed by atoms with Gasteiger partial charge in [0.2, 0.25) is 0 Å². The number of benzene rings is 1. The lowest BCUT2D eigenvalue weighted by atomic mass is 10.3. The molecule has 3 N–H and O–H groups in total. The first-order valence-corrected chi connectivity index (χ1v) is 7.44. The van der Waals surface area contributed by atoms with Crippen LogP contribution in [0.5, 0.6) is 5.75 Å². The molecule has 24 heavy (non-hydrogen) atoms. The molecule has 0 unspecified atom stereocenters. The molecule has 8 heteroatoms. The van der Waals surface area contributed by atoms with Crippen molar-refractivity contribution in [2.75, 3.05) is 12.3 Å². The summed E-state index contributed by atoms with van der Waals surface area (Å²) < 4.78 is 12.1. The van der Waals surface area contributed by atoms with E-state index < -0.39 is 5.91 Å². The highest BCUT2D eigenvalue weighted by Gasteiger charge is 2.20. The maximum atomic E-state index is 12.2. The SMILES string of the molecule is CCOc1ccccc1-n1nnc(C(=O)NCc2ccco2)c1N. The maximum absolute atomic E-state index is 12.2. The van der Waals surface area contributed by atoms with E-state index in [4.69, 9.17) is 14.9 Å². The van der Waals surface area contributed by atoms with Gasteiger partial charge in [-0.05, 0) is 31.2 Å². The third-order valence-electron chi connectivity index (χ3n) is 3.32. The average Bonchev–Trinajstić information content (AvgIpc) is 3.23. The minimum absolute atomic E-state index is 0.0489. The van der Waals surface area contributed by atoms with Gasteiger partial charge < -0.3 is 20.2 Å². The van der Waals surface area contributed by atoms with Crippen LogP contribution in [0.2, 0.25) is 0 Å². The number of aromatic nitrogens is 3. The Morgan fingerprint density at radius 2 is 2.17 bits per heavy atom. The number of carbonyl (C=O) groups is 1. The molecule has 0 bridgehead atoms. The molecular formula is C16H17N5O3. The smallest absolute Gasteiger partial charge is 0.276 e. The molecule has 2 aromatic heterocycles. The summed E-state index contributed by atoms with van der Waals surface area (Å²) in [4.78, 5) is 12.2. The van der Waals surface area contributed by atoms with Gasteiger partial charge in [0.25, 0.3) is 5.91 Å². The fraction of sp³-hybridized carbons (Fsp3) is 0.188. The Kier molecular flexibility index (Phi) is 4.46. The molecule has 0 radical (unpaired) electrons. The number of hydrogen-bond donors (Lipinski definition) is 2. The number of nitrogens with two attached hydrogens (primary N) is 1. The zero-order valence-electron chi connectivity index (χ0n) is 13.1. The van der Waals surface area contributed by atoms with Gasteiger partial charge in [0.15, 0.2) is 11.5 Å². The summed E-state index contributed by atoms with van der Waals surface area (Å²) in [6, 6.07) is 10.8. The number of anilines is 1. The molecule has 3 rings (SSSR count). The monoisotopic (exact) mass is 327 g/mol. The number of amides is 1. The Balaban J connectivity index is 1.82. The fourth-order valence-corrected chi connectivity index (χ4v) is 2.20. The molecule has 0 aliphatic heterocycles. The Bertz CT molecular complexity index is 826. The normalized spacial score (nSPS) is 10.5. The molecule has 1 amide bonds. The first-order valence-electron chi connectivity index (χ1n) is 7.44. The summed E-state index contributed by atoms with van der Waals surface area (Å²) in [6.07, 6.45) is 1.54. The van der Waals surface area contributed by atoms with E-state index in [2.05, 4.69) is 15.6 Å². The van der Waals surface area contributed by atoms with Crippen molar-refractivity contribution in [3.05, 3.63) is 54.1 Å². The highest BCUT2D eigenvalue weighted by Crippen LogP contribution is 2.25. The van der Waals surface area contributed by atoms with E-state index in [1.54, 1.807) is 24.3 Å². The van der Waals surface area contributed by atoms with Gasteiger partial charge >= 0.3 is 0 Å². The molecule has 2 heterocycles. The molecule has 0 saturated heterocycles. The van der Waals surface area contributed by atoms with Crippen LogP contribution in [0.4, 0.5) is 5.82 Å². The fourth-order valence-electron chi connectivity index (χ4n) is 2.20. The number of nitrogens with one attached hydrogen (secondary N) is 1. The van der Waals surface area contributed by atoms with Crippen LogP contribution in [0.3, 0.4) is 0 Å². The van der Waals surface area contributed by atoms with Crippen LogP contribution in [0, 0.1) is 0 Å². The molecule has 3 aromatic rings. The highest BCUT2D eigenvalue weighted by molar-refractivity contribution is 5.96. The molecule has 0 atom stereocenters. The Morgan fingerprint density at radius 3 is 2.92 bits per heavy atom. The second kappa shape index (κ2) is 6.86. The number of hydrogen-bond acceptors (Lipinski definition) is 6. The first-order chi connectivity index (χ1) is 11.7. The van der Waals surface area contributed by atoms with Crippen molar-refractivity contribution in [1.82, 2.24) is 20.3 Å². The minimum atomic E-state index is -0.427. The lowest BCUT2D eigenvalue weighted by Gasteiger charge is -2.10. The van der Waals surface area contributed by atoms with Gasteiger partial charge in [-0.3, -0.25) is 4.79 Å². The van der Waals surface area contributed by atoms with Crippen LogP contribution in [0.25, 0.3) is 5.69 Å². The summed E-state index contributed by atoms with van der Waals surface area (Å²) in [7, 11) is 0. The third-order valence-corrected chi connectivity index (χ3v) is 3.32. The van der Waals surface area contributed by atoms with Gasteiger partial charge in [-0.2, -0.15) is 4.68 Å². The van der Waals surface area contributed by atoms with Crippen LogP contribution in [0.1, 0.15) is 23.2 Å². The molecule has 0 saturated carbocycles. The topological polar surface area (TPSA) is 108 Å². The Hall–Kier alpha value is -3.29. The summed E-state index contributed by atoms with van der Waals surface area (Å²) in [5, 5.41) is 10.5. The molecule has 0 fully saturated rings. The molecule has 8 nitrogen and oxygen atoms in total. The van der Waals surface area contributed by atoms with Gasteiger partial charge in [-0.15, -0.1) is 5.10 Å². The van der Waals surface area contributed by atoms with Crippen LogP contribution in [-0.4, -0.2) is 27.5 Å². The van der Waals surface area contributed by atoms with Gasteiger partial charge in [0, 0.05) is 0 Å². The Labute approximate surface area is 138 Å². The molecule has 0 aliphatic carbocycles. The van der Waals surface area contributed by atoms with Crippen molar-refractivity contribution >= 4 is 11.7 Å². The van der Waals surface area contributed by atoms with E-state index in [1.165, 1.54) is 10.9 Å². The summed E-state index contributed by atoms with van der Waals surface area (Å²) >= 11 is 0. The Morgan fingerprint density at radius 1 is 1.33 bits per heavy atom. The van der Waals surface area contributed by atoms with Crippen molar-refractivity contribution in [1.29, 1.82) is 0 Å². The van der Waals surface area contributed by atoms with Crippen LogP contribution in [-0.2, 0) is 6.54 Å². The van der Waals surface area contributed by atoms with E-state index in [0.29, 0.717) is 23.8 Å². The molecule has 1 aromatic carbocycles. The molecule has 0 spiro atoms. The highest BCUT2D eigenvalue weighted by atomic mass is 16.5. The van der Waals surface area contributed by atoms with E-state index in [-0.39, 0.29) is 18.1 Å². The van der Waals surface area contributed by atoms with E-state index in [9.17, 15) is 4.79 Å². The number of carbonyl (C=O) groups excluding carboxylic acids is 1. The van der Waals surface area contributed by atoms with Crippen LogP contribution < -0.4 is 15.8 Å². The maximum Gasteiger partial charge on any atom is 0.276 e. The quantitative estimate of drug-likeness (QED) is 0.714. The van der Waals surface area contributed by atoms with Crippen molar-refractivity contribution < 1.29 is 13.9 Å². The van der Waals surface area contributed by atoms with Gasteiger partial charge in [0.1, 0.15) is 17.2 Å². The number of nitrogens with zero attached hydrogens (tertiary/aromatic N) is 3. The van der Waals surface area contributed by atoms with Gasteiger partial charge in [-0.25, -0.2) is 0 Å². The number of nitrogen functional groups attached to an aromatic ring is 1. The predicted octanol–water partition coefficient (Wildman–Crippen LogP) is 1.77. The summed E-state index contributed by atoms with van der Waals surface area (Å²) in [6.45, 7) is 2.63. The van der Waals surface area contributed by atoms with Crippen molar-refractivity contribution in [3.8, 4) is 11.4 Å². The van der Waals surface area contributed by atoms with Crippen molar-refractivity contribution in [3.63, 3.8) is 0 Å². The zero-order chi connectivity index (χ0) is 16.9. The second-order valence-corrected chi connectivity index (χ2v) is 4.90. The van der Waals surface area contributed by atoms with Crippen LogP contribution in [0.15, 0.2) is 47.1 Å². The number of para-hydroxylation sites is 2. The molecule has 124 valence electrons. The molecular weight excluding hydrogens is 310 g/mol. The molecule has 0 aliphatic rings. The number of furan rings is 1. The summed E-state index contributed by atoms with van der Waals surface area (Å²) in [5.41, 5.74) is 6.72. The van der Waals surface area contributed by atoms with Crippen molar-refractivity contribution in [2.24, 2.45) is 0 Å². The predicted molar refractivity (Wildman–Crippen MR) is 86.8 cm³/mol. The second-order valence-electron chi connectivity index (χ2n) is 4.90.